The van der Waals surface area contributed by atoms with Crippen molar-refractivity contribution in [2.24, 2.45) is 0 Å². The van der Waals surface area contributed by atoms with Crippen molar-refractivity contribution >= 4 is 11.3 Å². The third-order valence-electron chi connectivity index (χ3n) is 2.39. The summed E-state index contributed by atoms with van der Waals surface area (Å²) in [5.41, 5.74) is 2.82. The van der Waals surface area contributed by atoms with Crippen LogP contribution in [-0.4, -0.2) is 0 Å². The van der Waals surface area contributed by atoms with Gasteiger partial charge in [0.2, 0.25) is 0 Å². The second-order valence-corrected chi connectivity index (χ2v) is 4.46. The smallest absolute Gasteiger partial charge is 0.00890 e. The van der Waals surface area contributed by atoms with Gasteiger partial charge >= 0.3 is 0 Å². The second kappa shape index (κ2) is 4.43. The van der Waals surface area contributed by atoms with Gasteiger partial charge in [-0.2, -0.15) is 0 Å². The van der Waals surface area contributed by atoms with E-state index in [2.05, 4.69) is 48.7 Å². The van der Waals surface area contributed by atoms with Crippen molar-refractivity contribution in [2.45, 2.75) is 19.8 Å². The van der Waals surface area contributed by atoms with Gasteiger partial charge in [0, 0.05) is 11.3 Å². The molecule has 0 aliphatic carbocycles. The van der Waals surface area contributed by atoms with Gasteiger partial charge in [0.25, 0.3) is 0 Å². The monoisotopic (exact) mass is 202 g/mol. The highest BCUT2D eigenvalue weighted by Crippen LogP contribution is 2.15. The zero-order valence-corrected chi connectivity index (χ0v) is 9.18. The Bertz CT molecular complexity index is 370. The molecule has 0 nitrogen and oxygen atoms in total. The molecular weight excluding hydrogens is 188 g/mol. The molecule has 0 saturated heterocycles. The lowest BCUT2D eigenvalue weighted by molar-refractivity contribution is 1.12. The van der Waals surface area contributed by atoms with E-state index in [1.807, 2.05) is 11.3 Å². The molecule has 0 aliphatic heterocycles. The summed E-state index contributed by atoms with van der Waals surface area (Å²) in [5.74, 6) is 0. The summed E-state index contributed by atoms with van der Waals surface area (Å²) in [6, 6.07) is 13.2. The zero-order valence-electron chi connectivity index (χ0n) is 8.36. The van der Waals surface area contributed by atoms with E-state index < -0.39 is 0 Å². The molecule has 0 bridgehead atoms. The minimum atomic E-state index is 1.07. The largest absolute Gasteiger partial charge is 0.149 e. The minimum Gasteiger partial charge on any atom is -0.149 e. The molecule has 1 heteroatoms. The maximum absolute atomic E-state index is 2.23. The molecule has 0 saturated carbocycles. The standard InChI is InChI=1S/C13H14S/c1-2-11-5-7-12(8-6-11)10-13-4-3-9-14-13/h3-9H,2,10H2,1H3. The average Bonchev–Trinajstić information content (AvgIpc) is 2.72. The quantitative estimate of drug-likeness (QED) is 0.708. The van der Waals surface area contributed by atoms with E-state index in [0.717, 1.165) is 12.8 Å². The van der Waals surface area contributed by atoms with Crippen LogP contribution in [-0.2, 0) is 12.8 Å². The molecule has 0 amide bonds. The summed E-state index contributed by atoms with van der Waals surface area (Å²) in [4.78, 5) is 1.44. The fraction of sp³-hybridized carbons (Fsp3) is 0.231. The molecule has 72 valence electrons. The van der Waals surface area contributed by atoms with Crippen LogP contribution in [0.2, 0.25) is 0 Å². The van der Waals surface area contributed by atoms with Gasteiger partial charge in [-0.3, -0.25) is 0 Å². The van der Waals surface area contributed by atoms with Crippen molar-refractivity contribution in [1.82, 2.24) is 0 Å². The van der Waals surface area contributed by atoms with E-state index >= 15 is 0 Å². The maximum atomic E-state index is 2.23. The van der Waals surface area contributed by atoms with E-state index in [1.165, 1.54) is 16.0 Å². The normalized spacial score (nSPS) is 10.4. The molecule has 2 rings (SSSR count). The zero-order chi connectivity index (χ0) is 9.80. The first-order valence-electron chi connectivity index (χ1n) is 4.98. The predicted molar refractivity (Wildman–Crippen MR) is 62.9 cm³/mol. The molecule has 0 spiro atoms. The van der Waals surface area contributed by atoms with Crippen LogP contribution in [0.5, 0.6) is 0 Å². The van der Waals surface area contributed by atoms with Crippen molar-refractivity contribution in [3.8, 4) is 0 Å². The summed E-state index contributed by atoms with van der Waals surface area (Å²) in [7, 11) is 0. The number of benzene rings is 1. The maximum Gasteiger partial charge on any atom is 0.00890 e. The fourth-order valence-electron chi connectivity index (χ4n) is 1.51. The highest BCUT2D eigenvalue weighted by Gasteiger charge is 1.96. The summed E-state index contributed by atoms with van der Waals surface area (Å²) in [5, 5.41) is 2.13. The van der Waals surface area contributed by atoms with Gasteiger partial charge in [-0.05, 0) is 29.0 Å². The molecule has 1 heterocycles. The third kappa shape index (κ3) is 2.24. The van der Waals surface area contributed by atoms with Crippen molar-refractivity contribution in [2.75, 3.05) is 0 Å². The molecular formula is C13H14S. The topological polar surface area (TPSA) is 0 Å². The Morgan fingerprint density at radius 2 is 1.71 bits per heavy atom. The lowest BCUT2D eigenvalue weighted by atomic mass is 10.1. The van der Waals surface area contributed by atoms with E-state index in [1.54, 1.807) is 0 Å². The van der Waals surface area contributed by atoms with E-state index in [4.69, 9.17) is 0 Å². The van der Waals surface area contributed by atoms with Crippen molar-refractivity contribution in [3.05, 3.63) is 57.8 Å². The highest BCUT2D eigenvalue weighted by atomic mass is 32.1. The van der Waals surface area contributed by atoms with Crippen molar-refractivity contribution in [3.63, 3.8) is 0 Å². The fourth-order valence-corrected chi connectivity index (χ4v) is 2.25. The van der Waals surface area contributed by atoms with Gasteiger partial charge in [-0.15, -0.1) is 11.3 Å². The summed E-state index contributed by atoms with van der Waals surface area (Å²) < 4.78 is 0. The van der Waals surface area contributed by atoms with E-state index in [9.17, 15) is 0 Å². The Labute approximate surface area is 89.2 Å². The summed E-state index contributed by atoms with van der Waals surface area (Å²) >= 11 is 1.83. The molecule has 0 N–H and O–H groups in total. The lowest BCUT2D eigenvalue weighted by Crippen LogP contribution is -1.85. The molecule has 14 heavy (non-hydrogen) atoms. The predicted octanol–water partition coefficient (Wildman–Crippen LogP) is 3.90. The summed E-state index contributed by atoms with van der Waals surface area (Å²) in [6.07, 6.45) is 2.20. The van der Waals surface area contributed by atoms with Crippen LogP contribution in [0.3, 0.4) is 0 Å². The van der Waals surface area contributed by atoms with E-state index in [0.29, 0.717) is 0 Å². The molecule has 1 aromatic carbocycles. The van der Waals surface area contributed by atoms with Gasteiger partial charge in [-0.25, -0.2) is 0 Å². The average molecular weight is 202 g/mol. The highest BCUT2D eigenvalue weighted by molar-refractivity contribution is 7.09. The first-order valence-corrected chi connectivity index (χ1v) is 5.86. The second-order valence-electron chi connectivity index (χ2n) is 3.43. The lowest BCUT2D eigenvalue weighted by Gasteiger charge is -2.00. The van der Waals surface area contributed by atoms with Crippen molar-refractivity contribution in [1.29, 1.82) is 0 Å². The van der Waals surface area contributed by atoms with Crippen molar-refractivity contribution < 1.29 is 0 Å². The molecule has 0 aliphatic rings. The van der Waals surface area contributed by atoms with Crippen LogP contribution in [0.1, 0.15) is 22.9 Å². The van der Waals surface area contributed by atoms with Gasteiger partial charge in [-0.1, -0.05) is 37.3 Å². The van der Waals surface area contributed by atoms with E-state index in [-0.39, 0.29) is 0 Å². The van der Waals surface area contributed by atoms with Gasteiger partial charge in [0.1, 0.15) is 0 Å². The van der Waals surface area contributed by atoms with Gasteiger partial charge in [0.05, 0.1) is 0 Å². The molecule has 0 fully saturated rings. The molecule has 1 aromatic heterocycles. The molecule has 0 atom stereocenters. The Hall–Kier alpha value is -1.08. The Kier molecular flexibility index (Phi) is 3.00. The van der Waals surface area contributed by atoms with Crippen LogP contribution >= 0.6 is 11.3 Å². The van der Waals surface area contributed by atoms with Crippen LogP contribution < -0.4 is 0 Å². The Morgan fingerprint density at radius 1 is 1.00 bits per heavy atom. The van der Waals surface area contributed by atoms with Crippen LogP contribution in [0.4, 0.5) is 0 Å². The van der Waals surface area contributed by atoms with Crippen LogP contribution in [0, 0.1) is 0 Å². The van der Waals surface area contributed by atoms with Crippen LogP contribution in [0.25, 0.3) is 0 Å². The number of hydrogen-bond donors (Lipinski definition) is 0. The SMILES string of the molecule is CCc1ccc(Cc2cccs2)cc1. The first-order chi connectivity index (χ1) is 6.88. The molecule has 0 unspecified atom stereocenters. The van der Waals surface area contributed by atoms with Gasteiger partial charge in [0.15, 0.2) is 0 Å². The number of thiophene rings is 1. The number of aryl methyl sites for hydroxylation is 1. The number of rotatable bonds is 3. The Morgan fingerprint density at radius 3 is 2.29 bits per heavy atom. The van der Waals surface area contributed by atoms with Crippen LogP contribution in [0.15, 0.2) is 41.8 Å². The Balaban J connectivity index is 2.10. The number of hydrogen-bond acceptors (Lipinski definition) is 1. The molecule has 0 radical (unpaired) electrons. The molecule has 2 aromatic rings. The first kappa shape index (κ1) is 9.47. The minimum absolute atomic E-state index is 1.07. The summed E-state index contributed by atoms with van der Waals surface area (Å²) in [6.45, 7) is 2.19. The third-order valence-corrected chi connectivity index (χ3v) is 3.27. The van der Waals surface area contributed by atoms with Gasteiger partial charge < -0.3 is 0 Å².